The van der Waals surface area contributed by atoms with Crippen molar-refractivity contribution in [3.63, 3.8) is 0 Å². The first-order valence-electron chi connectivity index (χ1n) is 8.96. The lowest BCUT2D eigenvalue weighted by Crippen LogP contribution is -2.22. The summed E-state index contributed by atoms with van der Waals surface area (Å²) in [5.74, 6) is 0.656. The van der Waals surface area contributed by atoms with Crippen molar-refractivity contribution >= 4 is 39.4 Å². The van der Waals surface area contributed by atoms with E-state index in [2.05, 4.69) is 37.8 Å². The Hall–Kier alpha value is -2.69. The Bertz CT molecular complexity index is 1170. The van der Waals surface area contributed by atoms with E-state index in [1.54, 1.807) is 0 Å². The molecule has 0 radical (unpaired) electrons. The van der Waals surface area contributed by atoms with Gasteiger partial charge in [-0.3, -0.25) is 4.90 Å². The highest BCUT2D eigenvalue weighted by Crippen LogP contribution is 2.52. The second-order valence-corrected chi connectivity index (χ2v) is 8.44. The highest BCUT2D eigenvalue weighted by molar-refractivity contribution is 7.92. The third-order valence-electron chi connectivity index (χ3n) is 5.09. The van der Waals surface area contributed by atoms with Gasteiger partial charge in [0.25, 0.3) is 5.88 Å². The van der Waals surface area contributed by atoms with Gasteiger partial charge in [0.2, 0.25) is 4.90 Å². The third-order valence-corrected chi connectivity index (χ3v) is 6.60. The van der Waals surface area contributed by atoms with Gasteiger partial charge in [0.05, 0.1) is 11.1 Å². The topological polar surface area (TPSA) is 39.4 Å². The molecule has 1 aliphatic heterocycles. The number of hydrogen-bond acceptors (Lipinski definition) is 3. The number of fused-ring (bicyclic) bond motifs is 4. The number of rotatable bonds is 1. The molecule has 1 atom stereocenters. The molecule has 4 aromatic rings. The summed E-state index contributed by atoms with van der Waals surface area (Å²) in [5.41, 5.74) is 6.33. The molecule has 0 amide bonds. The van der Waals surface area contributed by atoms with Gasteiger partial charge in [-0.25, -0.2) is 0 Å². The van der Waals surface area contributed by atoms with Crippen molar-refractivity contribution in [1.82, 2.24) is 0 Å². The largest absolute Gasteiger partial charge is 0.606 e. The second kappa shape index (κ2) is 5.91. The van der Waals surface area contributed by atoms with E-state index in [0.29, 0.717) is 5.88 Å². The van der Waals surface area contributed by atoms with Crippen LogP contribution in [0.2, 0.25) is 0 Å². The van der Waals surface area contributed by atoms with E-state index in [4.69, 9.17) is 4.42 Å². The Kier molecular flexibility index (Phi) is 3.61. The first-order valence-corrected chi connectivity index (χ1v) is 10.1. The SMILES string of the molecule is Cc1cc(C)c(N2c3ccccc3[S+]([O-])c3c2oc2ccccc32)c(C)c1. The van der Waals surface area contributed by atoms with E-state index >= 15 is 0 Å². The molecule has 134 valence electrons. The number of hydrogen-bond donors (Lipinski definition) is 0. The van der Waals surface area contributed by atoms with E-state index in [1.165, 1.54) is 16.7 Å². The number of para-hydroxylation sites is 2. The molecule has 1 aromatic heterocycles. The molecule has 0 fully saturated rings. The average Bonchev–Trinajstić information content (AvgIpc) is 3.03. The van der Waals surface area contributed by atoms with Crippen molar-refractivity contribution in [2.24, 2.45) is 0 Å². The van der Waals surface area contributed by atoms with Crippen LogP contribution in [0.5, 0.6) is 0 Å². The van der Waals surface area contributed by atoms with Crippen LogP contribution >= 0.6 is 0 Å². The van der Waals surface area contributed by atoms with Gasteiger partial charge in [-0.05, 0) is 56.2 Å². The first kappa shape index (κ1) is 16.5. The summed E-state index contributed by atoms with van der Waals surface area (Å²) < 4.78 is 19.7. The Morgan fingerprint density at radius 1 is 0.889 bits per heavy atom. The van der Waals surface area contributed by atoms with Crippen molar-refractivity contribution in [2.45, 2.75) is 30.6 Å². The third kappa shape index (κ3) is 2.34. The van der Waals surface area contributed by atoms with Crippen LogP contribution in [-0.4, -0.2) is 4.55 Å². The normalized spacial score (nSPS) is 15.7. The molecule has 0 bridgehead atoms. The molecule has 0 saturated heterocycles. The highest BCUT2D eigenvalue weighted by atomic mass is 32.2. The number of anilines is 3. The molecule has 1 aliphatic rings. The van der Waals surface area contributed by atoms with Crippen LogP contribution < -0.4 is 4.90 Å². The minimum Gasteiger partial charge on any atom is -0.606 e. The fourth-order valence-electron chi connectivity index (χ4n) is 4.10. The summed E-state index contributed by atoms with van der Waals surface area (Å²) in [6.07, 6.45) is 0. The molecule has 3 aromatic carbocycles. The molecule has 0 saturated carbocycles. The highest BCUT2D eigenvalue weighted by Gasteiger charge is 2.40. The molecule has 3 nitrogen and oxygen atoms in total. The maximum Gasteiger partial charge on any atom is 0.263 e. The van der Waals surface area contributed by atoms with Gasteiger partial charge in [-0.15, -0.1) is 0 Å². The monoisotopic (exact) mass is 373 g/mol. The molecule has 27 heavy (non-hydrogen) atoms. The lowest BCUT2D eigenvalue weighted by Gasteiger charge is -2.31. The predicted molar refractivity (Wildman–Crippen MR) is 110 cm³/mol. The molecule has 0 spiro atoms. The molecular weight excluding hydrogens is 354 g/mol. The van der Waals surface area contributed by atoms with E-state index < -0.39 is 11.2 Å². The Morgan fingerprint density at radius 2 is 1.56 bits per heavy atom. The fraction of sp³-hybridized carbons (Fsp3) is 0.130. The second-order valence-electron chi connectivity index (χ2n) is 7.05. The van der Waals surface area contributed by atoms with Crippen LogP contribution in [0.4, 0.5) is 17.3 Å². The van der Waals surface area contributed by atoms with Crippen molar-refractivity contribution in [3.8, 4) is 0 Å². The first-order chi connectivity index (χ1) is 13.1. The summed E-state index contributed by atoms with van der Waals surface area (Å²) in [7, 11) is 0. The fourth-order valence-corrected chi connectivity index (χ4v) is 5.53. The molecular formula is C23H19NO2S. The van der Waals surface area contributed by atoms with E-state index in [-0.39, 0.29) is 0 Å². The van der Waals surface area contributed by atoms with Crippen LogP contribution in [0.1, 0.15) is 16.7 Å². The standard InChI is InChI=1S/C23H19NO2S/c1-14-12-15(2)21(16(3)13-14)24-18-9-5-7-11-20(18)27(25)22-17-8-4-6-10-19(17)26-23(22)24/h4-13H,1-3H3. The summed E-state index contributed by atoms with van der Waals surface area (Å²) in [6.45, 7) is 6.34. The number of furan rings is 1. The van der Waals surface area contributed by atoms with Gasteiger partial charge >= 0.3 is 0 Å². The van der Waals surface area contributed by atoms with Gasteiger partial charge < -0.3 is 8.97 Å². The van der Waals surface area contributed by atoms with Crippen LogP contribution in [-0.2, 0) is 11.2 Å². The van der Waals surface area contributed by atoms with Crippen molar-refractivity contribution in [2.75, 3.05) is 4.90 Å². The smallest absolute Gasteiger partial charge is 0.263 e. The zero-order chi connectivity index (χ0) is 18.7. The van der Waals surface area contributed by atoms with E-state index in [0.717, 1.165) is 32.1 Å². The molecule has 1 unspecified atom stereocenters. The van der Waals surface area contributed by atoms with Gasteiger partial charge in [0, 0.05) is 11.2 Å². The number of nitrogens with zero attached hydrogens (tertiary/aromatic N) is 1. The van der Waals surface area contributed by atoms with Gasteiger partial charge in [0.1, 0.15) is 11.3 Å². The van der Waals surface area contributed by atoms with Crippen LogP contribution in [0.3, 0.4) is 0 Å². The molecule has 2 heterocycles. The molecule has 0 aliphatic carbocycles. The summed E-state index contributed by atoms with van der Waals surface area (Å²) >= 11 is -1.28. The molecule has 0 N–H and O–H groups in total. The Morgan fingerprint density at radius 3 is 2.33 bits per heavy atom. The summed E-state index contributed by atoms with van der Waals surface area (Å²) in [6, 6.07) is 20.1. The lowest BCUT2D eigenvalue weighted by atomic mass is 10.0. The number of aryl methyl sites for hydroxylation is 3. The zero-order valence-corrected chi connectivity index (χ0v) is 16.3. The average molecular weight is 373 g/mol. The van der Waals surface area contributed by atoms with Gasteiger partial charge in [-0.2, -0.15) is 0 Å². The number of benzene rings is 3. The van der Waals surface area contributed by atoms with Crippen molar-refractivity contribution in [1.29, 1.82) is 0 Å². The predicted octanol–water partition coefficient (Wildman–Crippen LogP) is 6.31. The van der Waals surface area contributed by atoms with Crippen LogP contribution in [0.25, 0.3) is 11.0 Å². The minimum atomic E-state index is -1.28. The van der Waals surface area contributed by atoms with Crippen molar-refractivity contribution in [3.05, 3.63) is 77.4 Å². The van der Waals surface area contributed by atoms with E-state index in [1.807, 2.05) is 48.5 Å². The molecule has 5 rings (SSSR count). The van der Waals surface area contributed by atoms with Gasteiger partial charge in [-0.1, -0.05) is 42.0 Å². The quantitative estimate of drug-likeness (QED) is 0.367. The van der Waals surface area contributed by atoms with Gasteiger partial charge in [0.15, 0.2) is 4.90 Å². The minimum absolute atomic E-state index is 0.656. The maximum atomic E-state index is 13.4. The summed E-state index contributed by atoms with van der Waals surface area (Å²) in [5, 5.41) is 0.910. The van der Waals surface area contributed by atoms with Crippen molar-refractivity contribution < 1.29 is 8.97 Å². The van der Waals surface area contributed by atoms with Crippen LogP contribution in [0, 0.1) is 20.8 Å². The van der Waals surface area contributed by atoms with Crippen LogP contribution in [0.15, 0.2) is 74.9 Å². The Labute approximate surface area is 161 Å². The maximum absolute atomic E-state index is 13.4. The zero-order valence-electron chi connectivity index (χ0n) is 15.4. The van der Waals surface area contributed by atoms with E-state index in [9.17, 15) is 4.55 Å². The summed E-state index contributed by atoms with van der Waals surface area (Å²) in [4.78, 5) is 3.70. The molecule has 4 heteroatoms. The lowest BCUT2D eigenvalue weighted by molar-refractivity contribution is 0.579. The Balaban J connectivity index is 1.89.